The van der Waals surface area contributed by atoms with Gasteiger partial charge in [0.05, 0.1) is 22.7 Å². The fourth-order valence-electron chi connectivity index (χ4n) is 3.71. The van der Waals surface area contributed by atoms with Crippen LogP contribution in [0.3, 0.4) is 0 Å². The van der Waals surface area contributed by atoms with Crippen LogP contribution >= 0.6 is 11.3 Å². The number of hydrogen-bond acceptors (Lipinski definition) is 3. The molecule has 0 bridgehead atoms. The highest BCUT2D eigenvalue weighted by atomic mass is 32.1. The molecule has 2 aliphatic rings. The zero-order valence-corrected chi connectivity index (χ0v) is 13.9. The summed E-state index contributed by atoms with van der Waals surface area (Å²) < 4.78 is 0. The summed E-state index contributed by atoms with van der Waals surface area (Å²) in [6.45, 7) is 3.56. The van der Waals surface area contributed by atoms with E-state index in [1.165, 1.54) is 9.78 Å². The number of nitrogens with zero attached hydrogens (tertiary/aromatic N) is 1. The van der Waals surface area contributed by atoms with Crippen LogP contribution < -0.4 is 9.80 Å². The summed E-state index contributed by atoms with van der Waals surface area (Å²) >= 11 is 1.78. The van der Waals surface area contributed by atoms with E-state index in [0.717, 1.165) is 30.6 Å². The number of likely N-dealkylation sites (tertiary alicyclic amines) is 1. The fraction of sp³-hybridized carbons (Fsp3) is 0.333. The van der Waals surface area contributed by atoms with E-state index in [9.17, 15) is 9.59 Å². The average molecular weight is 327 g/mol. The van der Waals surface area contributed by atoms with Gasteiger partial charge in [-0.3, -0.25) is 14.5 Å². The van der Waals surface area contributed by atoms with Crippen molar-refractivity contribution in [3.05, 3.63) is 51.7 Å². The van der Waals surface area contributed by atoms with Gasteiger partial charge in [-0.05, 0) is 30.5 Å². The van der Waals surface area contributed by atoms with Crippen molar-refractivity contribution < 1.29 is 14.5 Å². The van der Waals surface area contributed by atoms with Crippen molar-refractivity contribution in [2.24, 2.45) is 0 Å². The monoisotopic (exact) mass is 327 g/mol. The molecule has 2 aliphatic heterocycles. The largest absolute Gasteiger partial charge is 0.311 e. The second-order valence-electron chi connectivity index (χ2n) is 6.36. The number of quaternary nitrogens is 1. The SMILES string of the molecule is Cc1ccc2c(c1)C(=O)C(=O)N2C[NH+]1CCC[C@H]1c1cccs1. The average Bonchev–Trinajstić information content (AvgIpc) is 3.25. The highest BCUT2D eigenvalue weighted by molar-refractivity contribution is 7.10. The van der Waals surface area contributed by atoms with Crippen molar-refractivity contribution in [3.8, 4) is 0 Å². The lowest BCUT2D eigenvalue weighted by Gasteiger charge is -2.26. The van der Waals surface area contributed by atoms with Crippen molar-refractivity contribution >= 4 is 28.7 Å². The van der Waals surface area contributed by atoms with Crippen LogP contribution in [0.5, 0.6) is 0 Å². The lowest BCUT2D eigenvalue weighted by molar-refractivity contribution is -0.916. The van der Waals surface area contributed by atoms with E-state index >= 15 is 0 Å². The van der Waals surface area contributed by atoms with E-state index in [1.807, 2.05) is 25.1 Å². The number of nitrogens with one attached hydrogen (secondary N) is 1. The number of rotatable bonds is 3. The molecular formula is C18H19N2O2S+. The highest BCUT2D eigenvalue weighted by Crippen LogP contribution is 2.30. The molecule has 1 N–H and O–H groups in total. The quantitative estimate of drug-likeness (QED) is 0.876. The molecule has 1 aromatic heterocycles. The molecule has 23 heavy (non-hydrogen) atoms. The minimum Gasteiger partial charge on any atom is -0.311 e. The molecule has 0 spiro atoms. The number of Topliss-reactive ketones (excluding diaryl/α,β-unsaturated/α-hetero) is 1. The van der Waals surface area contributed by atoms with Gasteiger partial charge in [0.1, 0.15) is 6.04 Å². The summed E-state index contributed by atoms with van der Waals surface area (Å²) in [7, 11) is 0. The van der Waals surface area contributed by atoms with Gasteiger partial charge in [0.15, 0.2) is 6.67 Å². The van der Waals surface area contributed by atoms with Crippen LogP contribution in [0.2, 0.25) is 0 Å². The minimum absolute atomic E-state index is 0.366. The first-order valence-electron chi connectivity index (χ1n) is 8.00. The molecule has 0 aliphatic carbocycles. The minimum atomic E-state index is -0.380. The smallest absolute Gasteiger partial charge is 0.303 e. The number of benzene rings is 1. The fourth-order valence-corrected chi connectivity index (χ4v) is 4.63. The predicted molar refractivity (Wildman–Crippen MR) is 90.0 cm³/mol. The Morgan fingerprint density at radius 1 is 1.30 bits per heavy atom. The molecule has 4 rings (SSSR count). The molecule has 2 atom stereocenters. The van der Waals surface area contributed by atoms with Crippen LogP contribution in [0.15, 0.2) is 35.7 Å². The zero-order valence-electron chi connectivity index (χ0n) is 13.0. The summed E-state index contributed by atoms with van der Waals surface area (Å²) in [5.41, 5.74) is 2.34. The molecule has 0 radical (unpaired) electrons. The Balaban J connectivity index is 1.62. The number of carbonyl (C=O) groups is 2. The topological polar surface area (TPSA) is 41.8 Å². The van der Waals surface area contributed by atoms with Crippen LogP contribution in [0.4, 0.5) is 5.69 Å². The maximum absolute atomic E-state index is 12.4. The first-order valence-corrected chi connectivity index (χ1v) is 8.88. The molecule has 1 saturated heterocycles. The van der Waals surface area contributed by atoms with E-state index in [2.05, 4.69) is 17.5 Å². The van der Waals surface area contributed by atoms with Gasteiger partial charge in [0.2, 0.25) is 0 Å². The van der Waals surface area contributed by atoms with Crippen molar-refractivity contribution in [3.63, 3.8) is 0 Å². The molecule has 1 unspecified atom stereocenters. The summed E-state index contributed by atoms with van der Waals surface area (Å²) in [5, 5.41) is 2.11. The van der Waals surface area contributed by atoms with E-state index in [0.29, 0.717) is 18.3 Å². The Bertz CT molecular complexity index is 769. The first-order chi connectivity index (χ1) is 11.1. The molecule has 1 fully saturated rings. The van der Waals surface area contributed by atoms with E-state index in [-0.39, 0.29) is 11.7 Å². The summed E-state index contributed by atoms with van der Waals surface area (Å²) in [6.07, 6.45) is 2.31. The van der Waals surface area contributed by atoms with E-state index in [1.54, 1.807) is 16.2 Å². The summed E-state index contributed by atoms with van der Waals surface area (Å²) in [4.78, 5) is 29.1. The lowest BCUT2D eigenvalue weighted by Crippen LogP contribution is -3.12. The molecule has 1 aromatic carbocycles. The Kier molecular flexibility index (Phi) is 3.54. The lowest BCUT2D eigenvalue weighted by atomic mass is 10.1. The van der Waals surface area contributed by atoms with Gasteiger partial charge in [0.25, 0.3) is 5.78 Å². The van der Waals surface area contributed by atoms with Gasteiger partial charge in [-0.15, -0.1) is 11.3 Å². The maximum atomic E-state index is 12.4. The van der Waals surface area contributed by atoms with Crippen molar-refractivity contribution in [1.29, 1.82) is 0 Å². The number of ketones is 1. The number of hydrogen-bond donors (Lipinski definition) is 1. The number of carbonyl (C=O) groups excluding carboxylic acids is 2. The van der Waals surface area contributed by atoms with E-state index < -0.39 is 0 Å². The van der Waals surface area contributed by atoms with Gasteiger partial charge >= 0.3 is 5.91 Å². The van der Waals surface area contributed by atoms with Gasteiger partial charge in [-0.1, -0.05) is 17.7 Å². The van der Waals surface area contributed by atoms with Gasteiger partial charge in [-0.2, -0.15) is 0 Å². The number of thiophene rings is 1. The molecule has 0 saturated carbocycles. The standard InChI is InChI=1S/C18H18N2O2S/c1-12-6-7-14-13(10-12)17(21)18(22)20(14)11-19-8-2-4-15(19)16-5-3-9-23-16/h3,5-7,9-10,15H,2,4,8,11H2,1H3/p+1/t15-/m0/s1. The van der Waals surface area contributed by atoms with Gasteiger partial charge in [-0.25, -0.2) is 0 Å². The second-order valence-corrected chi connectivity index (χ2v) is 7.34. The number of aryl methyl sites for hydroxylation is 1. The predicted octanol–water partition coefficient (Wildman–Crippen LogP) is 1.96. The molecule has 5 heteroatoms. The number of anilines is 1. The Labute approximate surface area is 139 Å². The van der Waals surface area contributed by atoms with Crippen LogP contribution in [0, 0.1) is 6.92 Å². The maximum Gasteiger partial charge on any atom is 0.303 e. The first kappa shape index (κ1) is 14.6. The van der Waals surface area contributed by atoms with Crippen LogP contribution in [-0.2, 0) is 4.79 Å². The molecular weight excluding hydrogens is 308 g/mol. The van der Waals surface area contributed by atoms with Crippen molar-refractivity contribution in [2.45, 2.75) is 25.8 Å². The number of fused-ring (bicyclic) bond motifs is 1. The van der Waals surface area contributed by atoms with Gasteiger partial charge in [0, 0.05) is 12.8 Å². The molecule has 4 nitrogen and oxygen atoms in total. The van der Waals surface area contributed by atoms with Crippen molar-refractivity contribution in [1.82, 2.24) is 0 Å². The Morgan fingerprint density at radius 2 is 2.17 bits per heavy atom. The number of amides is 1. The normalized spacial score (nSPS) is 23.6. The Morgan fingerprint density at radius 3 is 2.96 bits per heavy atom. The van der Waals surface area contributed by atoms with Crippen molar-refractivity contribution in [2.75, 3.05) is 18.1 Å². The van der Waals surface area contributed by atoms with Gasteiger partial charge < -0.3 is 4.90 Å². The highest BCUT2D eigenvalue weighted by Gasteiger charge is 2.40. The third kappa shape index (κ3) is 2.40. The zero-order chi connectivity index (χ0) is 16.0. The summed E-state index contributed by atoms with van der Waals surface area (Å²) in [5.74, 6) is -0.745. The Hall–Kier alpha value is -1.98. The third-order valence-electron chi connectivity index (χ3n) is 4.86. The molecule has 1 amide bonds. The van der Waals surface area contributed by atoms with Crippen LogP contribution in [-0.4, -0.2) is 24.9 Å². The van der Waals surface area contributed by atoms with Crippen LogP contribution in [0.1, 0.15) is 39.7 Å². The second kappa shape index (κ2) is 5.58. The molecule has 2 aromatic rings. The molecule has 118 valence electrons. The van der Waals surface area contributed by atoms with E-state index in [4.69, 9.17) is 0 Å². The third-order valence-corrected chi connectivity index (χ3v) is 5.84. The molecule has 3 heterocycles. The summed E-state index contributed by atoms with van der Waals surface area (Å²) in [6, 6.07) is 10.4. The van der Waals surface area contributed by atoms with Crippen LogP contribution in [0.25, 0.3) is 0 Å².